The molecule has 6 aromatic heterocycles. The molecule has 0 N–H and O–H groups in total. The summed E-state index contributed by atoms with van der Waals surface area (Å²) in [5.74, 6) is 0.931. The molecule has 16 rings (SSSR count). The number of nitriles is 2. The minimum Gasteiger partial charge on any atom is -0.373 e. The third-order valence-electron chi connectivity index (χ3n) is 17.5. The normalized spacial score (nSPS) is 12.3. The molecular weight excluding hydrogens is 1070 g/mol. The molecule has 10 nitrogen and oxygen atoms in total. The van der Waals surface area contributed by atoms with Crippen LogP contribution in [0.5, 0.6) is 0 Å². The summed E-state index contributed by atoms with van der Waals surface area (Å²) >= 11 is 0. The van der Waals surface area contributed by atoms with Gasteiger partial charge in [0.05, 0.1) is 55.5 Å². The van der Waals surface area contributed by atoms with Crippen LogP contribution in [0.25, 0.3) is 110 Å². The molecule has 0 amide bonds. The second kappa shape index (κ2) is 21.0. The molecule has 0 radical (unpaired) electrons. The number of pyridine rings is 2. The van der Waals surface area contributed by atoms with Crippen LogP contribution in [0.15, 0.2) is 267 Å². The largest absolute Gasteiger partial charge is 0.373 e. The Morgan fingerprint density at radius 3 is 0.955 bits per heavy atom. The highest BCUT2D eigenvalue weighted by atomic mass is 15.1. The maximum Gasteiger partial charge on any atom is 0.328 e. The molecular formula is C76H50B2N10. The van der Waals surface area contributed by atoms with E-state index >= 15 is 0 Å². The fourth-order valence-electron chi connectivity index (χ4n) is 13.5. The summed E-state index contributed by atoms with van der Waals surface area (Å²) in [5, 5.41) is 36.0. The summed E-state index contributed by atoms with van der Waals surface area (Å²) in [5.41, 5.74) is 10.3. The minimum atomic E-state index is -0.611. The van der Waals surface area contributed by atoms with Crippen LogP contribution in [0.4, 0.5) is 0 Å². The molecule has 410 valence electrons. The van der Waals surface area contributed by atoms with Crippen LogP contribution >= 0.6 is 0 Å². The van der Waals surface area contributed by atoms with Gasteiger partial charge in [-0.05, 0) is 68.7 Å². The van der Waals surface area contributed by atoms with Crippen molar-refractivity contribution in [1.29, 1.82) is 10.5 Å². The Morgan fingerprint density at radius 2 is 0.636 bits per heavy atom. The number of fused-ring (bicyclic) bond motifs is 7. The van der Waals surface area contributed by atoms with E-state index in [0.717, 1.165) is 87.0 Å². The number of hydrogen-bond acceptors (Lipinski definition) is 6. The van der Waals surface area contributed by atoms with E-state index in [-0.39, 0.29) is 0 Å². The number of hydrogen-bond donors (Lipinski definition) is 0. The summed E-state index contributed by atoms with van der Waals surface area (Å²) in [6.45, 7) is -1.22. The molecule has 88 heavy (non-hydrogen) atoms. The van der Waals surface area contributed by atoms with Crippen molar-refractivity contribution in [2.75, 3.05) is 0 Å². The van der Waals surface area contributed by atoms with Crippen LogP contribution in [0.2, 0.25) is 0 Å². The minimum absolute atomic E-state index is 0.311. The van der Waals surface area contributed by atoms with Crippen molar-refractivity contribution in [2.45, 2.75) is 0 Å². The Balaban J connectivity index is 1.25. The van der Waals surface area contributed by atoms with Crippen molar-refractivity contribution in [3.8, 4) is 34.9 Å². The molecule has 0 unspecified atom stereocenters. The molecule has 0 aliphatic heterocycles. The lowest BCUT2D eigenvalue weighted by Crippen LogP contribution is -2.54. The first-order chi connectivity index (χ1) is 43.4. The van der Waals surface area contributed by atoms with Gasteiger partial charge in [-0.2, -0.15) is 10.5 Å². The zero-order chi connectivity index (χ0) is 59.0. The van der Waals surface area contributed by atoms with Crippen molar-refractivity contribution >= 4 is 123 Å². The topological polar surface area (TPSA) is 119 Å². The lowest BCUT2D eigenvalue weighted by molar-refractivity contribution is 0.920. The molecule has 10 aromatic carbocycles. The smallest absolute Gasteiger partial charge is 0.328 e. The van der Waals surface area contributed by atoms with E-state index in [1.54, 1.807) is 0 Å². The van der Waals surface area contributed by atoms with Gasteiger partial charge >= 0.3 is 13.7 Å². The van der Waals surface area contributed by atoms with Gasteiger partial charge in [0.2, 0.25) is 0 Å². The fourth-order valence-corrected chi connectivity index (χ4v) is 13.5. The molecule has 0 bridgehead atoms. The van der Waals surface area contributed by atoms with Crippen LogP contribution < -0.4 is 32.5 Å². The van der Waals surface area contributed by atoms with Gasteiger partial charge in [-0.25, -0.2) is 9.97 Å². The zero-order valence-corrected chi connectivity index (χ0v) is 48.0. The van der Waals surface area contributed by atoms with Crippen molar-refractivity contribution in [3.05, 3.63) is 290 Å². The molecule has 6 heterocycles. The van der Waals surface area contributed by atoms with Gasteiger partial charge in [0.15, 0.2) is 11.6 Å². The van der Waals surface area contributed by atoms with Crippen molar-refractivity contribution in [2.24, 2.45) is 14.1 Å². The summed E-state index contributed by atoms with van der Waals surface area (Å²) in [6, 6.07) is 93.6. The molecule has 12 heteroatoms. The van der Waals surface area contributed by atoms with Crippen molar-refractivity contribution in [1.82, 2.24) is 38.0 Å². The maximum absolute atomic E-state index is 12.7. The van der Waals surface area contributed by atoms with Gasteiger partial charge in [0.25, 0.3) is 0 Å². The Morgan fingerprint density at radius 1 is 0.352 bits per heavy atom. The van der Waals surface area contributed by atoms with Gasteiger partial charge in [0.1, 0.15) is 23.3 Å². The van der Waals surface area contributed by atoms with E-state index in [1.807, 2.05) is 99.3 Å². The molecule has 0 fully saturated rings. The average molecular weight is 1120 g/mol. The molecule has 0 atom stereocenters. The van der Waals surface area contributed by atoms with Crippen LogP contribution in [0.3, 0.4) is 0 Å². The first-order valence-electron chi connectivity index (χ1n) is 29.4. The number of nitrogens with zero attached hydrogens (tertiary/aromatic N) is 10. The predicted octanol–water partition coefficient (Wildman–Crippen LogP) is 11.7. The Bertz CT molecular complexity index is 5270. The van der Waals surface area contributed by atoms with E-state index in [1.165, 1.54) is 0 Å². The molecule has 0 saturated carbocycles. The van der Waals surface area contributed by atoms with Crippen molar-refractivity contribution < 1.29 is 0 Å². The molecule has 0 aliphatic rings. The highest BCUT2D eigenvalue weighted by Gasteiger charge is 2.39. The van der Waals surface area contributed by atoms with Gasteiger partial charge in [-0.15, -0.1) is 0 Å². The third-order valence-corrected chi connectivity index (χ3v) is 17.5. The highest BCUT2D eigenvalue weighted by Crippen LogP contribution is 2.38. The molecule has 0 aliphatic carbocycles. The first kappa shape index (κ1) is 51.8. The Labute approximate surface area is 507 Å². The summed E-state index contributed by atoms with van der Waals surface area (Å²) in [4.78, 5) is 22.1. The van der Waals surface area contributed by atoms with Gasteiger partial charge in [-0.1, -0.05) is 240 Å². The highest BCUT2D eigenvalue weighted by molar-refractivity contribution is 6.85. The lowest BCUT2D eigenvalue weighted by Gasteiger charge is -2.24. The Kier molecular flexibility index (Phi) is 12.4. The van der Waals surface area contributed by atoms with Crippen LogP contribution in [0.1, 0.15) is 11.6 Å². The SMILES string of the molecule is Cn1c(/C(C#N)=c2/c3c(-c4cc5ccccc5cn4)n(B(c4ccccc4)c4ccccc4)/c(=C(/C#N)c4nc5cc6ccccc6cc5n4C)c3c(-c3cc4ccccc4cn3)n2B(c2ccccc2)c2ccccc2)nc2cc3ccccc3cc21. The van der Waals surface area contributed by atoms with Gasteiger partial charge in [-0.3, -0.25) is 9.97 Å². The quantitative estimate of drug-likeness (QED) is 0.126. The maximum atomic E-state index is 12.7. The van der Waals surface area contributed by atoms with Crippen LogP contribution in [0, 0.1) is 22.7 Å². The molecule has 0 saturated heterocycles. The van der Waals surface area contributed by atoms with E-state index in [0.29, 0.717) is 67.0 Å². The van der Waals surface area contributed by atoms with Crippen LogP contribution in [-0.4, -0.2) is 51.7 Å². The second-order valence-electron chi connectivity index (χ2n) is 22.5. The Hall–Kier alpha value is -11.9. The van der Waals surface area contributed by atoms with Gasteiger partial charge < -0.3 is 18.1 Å². The third kappa shape index (κ3) is 8.34. The van der Waals surface area contributed by atoms with E-state index < -0.39 is 13.7 Å². The number of aromatic nitrogens is 8. The number of benzene rings is 10. The second-order valence-corrected chi connectivity index (χ2v) is 22.5. The summed E-state index contributed by atoms with van der Waals surface area (Å²) < 4.78 is 8.76. The number of imidazole rings is 2. The summed E-state index contributed by atoms with van der Waals surface area (Å²) in [6.07, 6.45) is 3.87. The first-order valence-corrected chi connectivity index (χ1v) is 29.4. The number of aryl methyl sites for hydroxylation is 2. The number of rotatable bonds is 10. The molecule has 16 aromatic rings. The van der Waals surface area contributed by atoms with E-state index in [4.69, 9.17) is 19.9 Å². The predicted molar refractivity (Wildman–Crippen MR) is 360 cm³/mol. The average Bonchev–Trinajstić information content (AvgIpc) is 1.71. The van der Waals surface area contributed by atoms with E-state index in [2.05, 4.69) is 212 Å². The standard InChI is InChI=1S/C76H50B2N10/c1-85-67-43-53-27-17-15-23-49(53)39-63(67)83-75(85)61(45-79)71-69-70(74(66-42-52-26-20-22-30-56(52)48-82-66)87(71)77(57-31-7-3-8-32-57)58-33-9-4-10-34-58)72(62(46-80)76-84-64-40-50-24-16-18-28-54(50)44-68(64)86(76)2)88(73(69)65-41-51-25-19-21-29-55(51)47-81-65)78(59-35-11-5-12-36-59)60-37-13-6-14-38-60/h3-44,47-48H,1-2H3/b71-61-,72-62-. The fraction of sp³-hybridized carbons (Fsp3) is 0.0263. The monoisotopic (exact) mass is 1120 g/mol. The molecule has 0 spiro atoms. The zero-order valence-electron chi connectivity index (χ0n) is 48.0. The van der Waals surface area contributed by atoms with E-state index in [9.17, 15) is 10.5 Å². The van der Waals surface area contributed by atoms with Crippen LogP contribution in [-0.2, 0) is 14.1 Å². The summed E-state index contributed by atoms with van der Waals surface area (Å²) in [7, 11) is 4.00. The van der Waals surface area contributed by atoms with Crippen molar-refractivity contribution in [3.63, 3.8) is 0 Å². The van der Waals surface area contributed by atoms with Gasteiger partial charge in [0, 0.05) is 48.0 Å². The lowest BCUT2D eigenvalue weighted by atomic mass is 9.50.